The largest absolute Gasteiger partial charge is 0.442 e. The van der Waals surface area contributed by atoms with E-state index in [2.05, 4.69) is 9.88 Å². The fourth-order valence-electron chi connectivity index (χ4n) is 2.45. The van der Waals surface area contributed by atoms with E-state index in [1.54, 1.807) is 4.90 Å². The van der Waals surface area contributed by atoms with E-state index >= 15 is 0 Å². The van der Waals surface area contributed by atoms with Crippen LogP contribution in [0.1, 0.15) is 10.5 Å². The summed E-state index contributed by atoms with van der Waals surface area (Å²) < 4.78 is 5.39. The van der Waals surface area contributed by atoms with Crippen LogP contribution in [0.25, 0.3) is 10.6 Å². The van der Waals surface area contributed by atoms with Gasteiger partial charge in [0.25, 0.3) is 5.91 Å². The maximum Gasteiger partial charge on any atom is 0.276 e. The maximum atomic E-state index is 12.6. The normalized spacial score (nSPS) is 16.3. The van der Waals surface area contributed by atoms with Crippen LogP contribution in [0, 0.1) is 0 Å². The van der Waals surface area contributed by atoms with Crippen molar-refractivity contribution in [3.63, 3.8) is 0 Å². The molecule has 1 N–H and O–H groups in total. The first kappa shape index (κ1) is 14.2. The van der Waals surface area contributed by atoms with Crippen LogP contribution in [0.3, 0.4) is 0 Å². The molecule has 3 rings (SSSR count). The number of rotatable bonds is 4. The zero-order valence-corrected chi connectivity index (χ0v) is 12.4. The van der Waals surface area contributed by atoms with Gasteiger partial charge in [0, 0.05) is 32.7 Å². The van der Waals surface area contributed by atoms with Crippen LogP contribution >= 0.6 is 11.3 Å². The summed E-state index contributed by atoms with van der Waals surface area (Å²) in [7, 11) is 0. The Morgan fingerprint density at radius 2 is 2.19 bits per heavy atom. The average Bonchev–Trinajstić information content (AvgIpc) is 3.18. The summed E-state index contributed by atoms with van der Waals surface area (Å²) in [5, 5.41) is 10.9. The smallest absolute Gasteiger partial charge is 0.276 e. The third-order valence-corrected chi connectivity index (χ3v) is 4.46. The van der Waals surface area contributed by atoms with Crippen molar-refractivity contribution in [3.8, 4) is 10.6 Å². The Labute approximate surface area is 126 Å². The van der Waals surface area contributed by atoms with Crippen molar-refractivity contribution in [1.82, 2.24) is 14.8 Å². The Morgan fingerprint density at radius 3 is 2.86 bits per heavy atom. The van der Waals surface area contributed by atoms with Gasteiger partial charge >= 0.3 is 0 Å². The zero-order chi connectivity index (χ0) is 14.7. The number of hydrogen-bond donors (Lipinski definition) is 1. The Morgan fingerprint density at radius 1 is 1.38 bits per heavy atom. The van der Waals surface area contributed by atoms with Gasteiger partial charge in [-0.3, -0.25) is 9.69 Å². The molecule has 1 amide bonds. The van der Waals surface area contributed by atoms with Crippen molar-refractivity contribution in [2.75, 3.05) is 39.3 Å². The first-order chi connectivity index (χ1) is 10.3. The second-order valence-corrected chi connectivity index (χ2v) is 5.81. The van der Waals surface area contributed by atoms with Crippen molar-refractivity contribution in [2.45, 2.75) is 0 Å². The molecule has 0 atom stereocenters. The molecule has 0 spiro atoms. The number of aliphatic hydroxyl groups is 1. The second kappa shape index (κ2) is 6.38. The number of aliphatic hydroxyl groups excluding tert-OH is 1. The predicted molar refractivity (Wildman–Crippen MR) is 79.2 cm³/mol. The third-order valence-electron chi connectivity index (χ3n) is 3.59. The van der Waals surface area contributed by atoms with Crippen LogP contribution in [-0.4, -0.2) is 65.1 Å². The molecule has 2 aromatic rings. The van der Waals surface area contributed by atoms with Crippen molar-refractivity contribution >= 4 is 17.2 Å². The molecule has 6 nitrogen and oxygen atoms in total. The van der Waals surface area contributed by atoms with E-state index in [4.69, 9.17) is 9.52 Å². The highest BCUT2D eigenvalue weighted by Gasteiger charge is 2.27. The molecule has 7 heteroatoms. The van der Waals surface area contributed by atoms with Crippen molar-refractivity contribution in [3.05, 3.63) is 29.6 Å². The summed E-state index contributed by atoms with van der Waals surface area (Å²) in [6.45, 7) is 3.66. The number of carbonyl (C=O) groups excluding carboxylic acids is 1. The molecule has 1 aliphatic heterocycles. The lowest BCUT2D eigenvalue weighted by molar-refractivity contribution is 0.0610. The molecular formula is C14H17N3O3S. The van der Waals surface area contributed by atoms with Crippen LogP contribution in [-0.2, 0) is 0 Å². The van der Waals surface area contributed by atoms with Gasteiger partial charge in [-0.25, -0.2) is 4.98 Å². The number of aromatic nitrogens is 1. The fourth-order valence-corrected chi connectivity index (χ4v) is 3.16. The van der Waals surface area contributed by atoms with Crippen LogP contribution in [0.2, 0.25) is 0 Å². The van der Waals surface area contributed by atoms with E-state index in [1.807, 2.05) is 17.5 Å². The molecule has 0 bridgehead atoms. The number of nitrogens with zero attached hydrogens (tertiary/aromatic N) is 3. The first-order valence-corrected chi connectivity index (χ1v) is 7.77. The lowest BCUT2D eigenvalue weighted by Crippen LogP contribution is -2.49. The topological polar surface area (TPSA) is 69.8 Å². The number of β-amino-alcohol motifs (C(OH)–C–C–N with tert-alkyl or cyclic N) is 1. The van der Waals surface area contributed by atoms with Gasteiger partial charge in [0.05, 0.1) is 11.5 Å². The molecular weight excluding hydrogens is 290 g/mol. The van der Waals surface area contributed by atoms with Gasteiger partial charge < -0.3 is 14.4 Å². The minimum absolute atomic E-state index is 0.0872. The minimum Gasteiger partial charge on any atom is -0.442 e. The molecule has 0 aromatic carbocycles. The van der Waals surface area contributed by atoms with E-state index in [1.165, 1.54) is 17.7 Å². The summed E-state index contributed by atoms with van der Waals surface area (Å²) in [4.78, 5) is 21.5. The quantitative estimate of drug-likeness (QED) is 0.917. The predicted octanol–water partition coefficient (Wildman–Crippen LogP) is 1.15. The number of amides is 1. The third kappa shape index (κ3) is 2.99. The SMILES string of the molecule is O=C(c1ncoc1-c1cccs1)N1CCN(CCO)CC1. The van der Waals surface area contributed by atoms with Crippen LogP contribution in [0.4, 0.5) is 0 Å². The molecule has 2 aromatic heterocycles. The standard InChI is InChI=1S/C14H17N3O3S/c18-8-7-16-3-5-17(6-4-16)14(19)12-13(20-10-15-12)11-2-1-9-21-11/h1-2,9-10,18H,3-8H2. The molecule has 1 saturated heterocycles. The van der Waals surface area contributed by atoms with Gasteiger partial charge in [0.1, 0.15) is 0 Å². The van der Waals surface area contributed by atoms with Gasteiger partial charge in [-0.05, 0) is 11.4 Å². The summed E-state index contributed by atoms with van der Waals surface area (Å²) in [6.07, 6.45) is 1.32. The number of thiophene rings is 1. The molecule has 3 heterocycles. The average molecular weight is 307 g/mol. The van der Waals surface area contributed by atoms with Crippen molar-refractivity contribution in [1.29, 1.82) is 0 Å². The molecule has 0 radical (unpaired) electrons. The fraction of sp³-hybridized carbons (Fsp3) is 0.429. The van der Waals surface area contributed by atoms with E-state index in [9.17, 15) is 4.79 Å². The lowest BCUT2D eigenvalue weighted by atomic mass is 10.2. The van der Waals surface area contributed by atoms with Crippen LogP contribution in [0.15, 0.2) is 28.3 Å². The second-order valence-electron chi connectivity index (χ2n) is 4.86. The zero-order valence-electron chi connectivity index (χ0n) is 11.6. The maximum absolute atomic E-state index is 12.6. The summed E-state index contributed by atoms with van der Waals surface area (Å²) >= 11 is 1.53. The van der Waals surface area contributed by atoms with E-state index in [-0.39, 0.29) is 12.5 Å². The summed E-state index contributed by atoms with van der Waals surface area (Å²) in [5.41, 5.74) is 0.382. The monoisotopic (exact) mass is 307 g/mol. The molecule has 0 saturated carbocycles. The van der Waals surface area contributed by atoms with Gasteiger partial charge in [-0.1, -0.05) is 6.07 Å². The first-order valence-electron chi connectivity index (χ1n) is 6.89. The molecule has 1 aliphatic rings. The van der Waals surface area contributed by atoms with E-state index in [0.717, 1.165) is 18.0 Å². The minimum atomic E-state index is -0.0872. The molecule has 0 aliphatic carbocycles. The highest BCUT2D eigenvalue weighted by Crippen LogP contribution is 2.28. The van der Waals surface area contributed by atoms with E-state index in [0.29, 0.717) is 31.1 Å². The van der Waals surface area contributed by atoms with Gasteiger partial charge in [0.2, 0.25) is 0 Å². The summed E-state index contributed by atoms with van der Waals surface area (Å²) in [6, 6.07) is 3.84. The number of hydrogen-bond acceptors (Lipinski definition) is 6. The van der Waals surface area contributed by atoms with Crippen LogP contribution in [0.5, 0.6) is 0 Å². The molecule has 112 valence electrons. The Kier molecular flexibility index (Phi) is 4.33. The highest BCUT2D eigenvalue weighted by molar-refractivity contribution is 7.13. The summed E-state index contributed by atoms with van der Waals surface area (Å²) in [5.74, 6) is 0.462. The molecule has 0 unspecified atom stereocenters. The van der Waals surface area contributed by atoms with Crippen LogP contribution < -0.4 is 0 Å². The number of oxazole rings is 1. The number of carbonyl (C=O) groups is 1. The lowest BCUT2D eigenvalue weighted by Gasteiger charge is -2.34. The Balaban J connectivity index is 1.71. The Bertz CT molecular complexity index is 588. The van der Waals surface area contributed by atoms with Gasteiger partial charge in [-0.15, -0.1) is 11.3 Å². The van der Waals surface area contributed by atoms with Crippen molar-refractivity contribution < 1.29 is 14.3 Å². The van der Waals surface area contributed by atoms with Gasteiger partial charge in [-0.2, -0.15) is 0 Å². The number of piperazine rings is 1. The van der Waals surface area contributed by atoms with Gasteiger partial charge in [0.15, 0.2) is 17.8 Å². The Hall–Kier alpha value is -1.70. The highest BCUT2D eigenvalue weighted by atomic mass is 32.1. The van der Waals surface area contributed by atoms with Crippen molar-refractivity contribution in [2.24, 2.45) is 0 Å². The van der Waals surface area contributed by atoms with E-state index < -0.39 is 0 Å². The molecule has 1 fully saturated rings. The molecule has 21 heavy (non-hydrogen) atoms.